The van der Waals surface area contributed by atoms with Crippen molar-refractivity contribution >= 4 is 31.4 Å². The zero-order chi connectivity index (χ0) is 15.4. The molecule has 0 bridgehead atoms. The first kappa shape index (κ1) is 21.8. The maximum Gasteiger partial charge on any atom is 0.0701 e. The molecule has 128 valence electrons. The second kappa shape index (κ2) is 20.8. The highest BCUT2D eigenvalue weighted by Gasteiger charge is 1.95. The number of rotatable bonds is 18. The number of aliphatic hydroxyl groups is 2. The molecule has 0 unspecified atom stereocenters. The van der Waals surface area contributed by atoms with Gasteiger partial charge in [-0.3, -0.25) is 0 Å². The lowest BCUT2D eigenvalue weighted by molar-refractivity contribution is 0.0378. The van der Waals surface area contributed by atoms with Crippen molar-refractivity contribution in [2.45, 2.75) is 0 Å². The summed E-state index contributed by atoms with van der Waals surface area (Å²) in [5.74, 6) is 1.88. The first-order valence-electron chi connectivity index (χ1n) is 6.85. The Morgan fingerprint density at radius 1 is 0.524 bits per heavy atom. The van der Waals surface area contributed by atoms with E-state index in [1.807, 2.05) is 0 Å². The van der Waals surface area contributed by atoms with E-state index in [1.54, 1.807) is 31.4 Å². The van der Waals surface area contributed by atoms with Crippen molar-refractivity contribution in [1.82, 2.24) is 0 Å². The first-order valence-corrected chi connectivity index (χ1v) is 10.7. The average molecular weight is 363 g/mol. The number of ether oxygens (including phenoxy) is 4. The Hall–Kier alpha value is 0.810. The summed E-state index contributed by atoms with van der Waals surface area (Å²) in [4.78, 5) is 0. The topological polar surface area (TPSA) is 77.4 Å². The van der Waals surface area contributed by atoms with Gasteiger partial charge < -0.3 is 29.2 Å². The van der Waals surface area contributed by atoms with E-state index in [9.17, 15) is 0 Å². The van der Waals surface area contributed by atoms with Gasteiger partial charge in [-0.2, -0.15) is 0 Å². The predicted molar refractivity (Wildman–Crippen MR) is 90.0 cm³/mol. The molecule has 0 aliphatic carbocycles. The van der Waals surface area contributed by atoms with Gasteiger partial charge in [0, 0.05) is 11.5 Å². The van der Waals surface area contributed by atoms with Crippen LogP contribution in [0.2, 0.25) is 0 Å². The van der Waals surface area contributed by atoms with Gasteiger partial charge in [-0.05, 0) is 9.83 Å². The molecular weight excluding hydrogens is 336 g/mol. The number of hydrogen-bond donors (Lipinski definition) is 2. The van der Waals surface area contributed by atoms with Crippen LogP contribution in [0.3, 0.4) is 0 Å². The van der Waals surface area contributed by atoms with Gasteiger partial charge in [-0.15, -0.1) is 0 Å². The summed E-state index contributed by atoms with van der Waals surface area (Å²) in [5.41, 5.74) is 0. The van der Waals surface area contributed by atoms with Crippen molar-refractivity contribution < 1.29 is 29.2 Å². The molecule has 9 heteroatoms. The normalized spacial score (nSPS) is 11.1. The maximum atomic E-state index is 8.49. The molecule has 0 aromatic heterocycles. The van der Waals surface area contributed by atoms with Gasteiger partial charge in [-0.25, -0.2) is 0 Å². The summed E-state index contributed by atoms with van der Waals surface area (Å²) in [5, 5.41) is 17.0. The Kier molecular flexibility index (Phi) is 21.6. The van der Waals surface area contributed by atoms with Gasteiger partial charge in [-0.1, -0.05) is 21.6 Å². The van der Waals surface area contributed by atoms with Crippen molar-refractivity contribution in [1.29, 1.82) is 0 Å². The quantitative estimate of drug-likeness (QED) is 0.275. The van der Waals surface area contributed by atoms with Gasteiger partial charge in [0.05, 0.1) is 66.1 Å². The van der Waals surface area contributed by atoms with E-state index in [4.69, 9.17) is 29.2 Å². The molecular formula is C12H26O6S3. The Morgan fingerprint density at radius 3 is 1.29 bits per heavy atom. The molecule has 0 rings (SSSR count). The van der Waals surface area contributed by atoms with E-state index in [1.165, 1.54) is 0 Å². The third-order valence-corrected chi connectivity index (χ3v) is 6.10. The molecule has 0 heterocycles. The molecule has 0 aromatic rings. The zero-order valence-electron chi connectivity index (χ0n) is 12.2. The molecule has 0 aromatic carbocycles. The summed E-state index contributed by atoms with van der Waals surface area (Å²) in [6.07, 6.45) is 0. The van der Waals surface area contributed by atoms with Crippen LogP contribution < -0.4 is 0 Å². The van der Waals surface area contributed by atoms with Gasteiger partial charge in [0.2, 0.25) is 0 Å². The molecule has 0 fully saturated rings. The molecule has 21 heavy (non-hydrogen) atoms. The molecule has 0 atom stereocenters. The second-order valence-corrected chi connectivity index (χ2v) is 8.08. The van der Waals surface area contributed by atoms with E-state index >= 15 is 0 Å². The lowest BCUT2D eigenvalue weighted by atomic mass is 10.7. The fraction of sp³-hybridized carbons (Fsp3) is 1.00. The number of hydrogen-bond acceptors (Lipinski definition) is 9. The second-order valence-electron chi connectivity index (χ2n) is 3.61. The molecule has 0 saturated carbocycles. The minimum Gasteiger partial charge on any atom is -0.394 e. The van der Waals surface area contributed by atoms with Crippen molar-refractivity contribution in [2.24, 2.45) is 0 Å². The van der Waals surface area contributed by atoms with Crippen molar-refractivity contribution in [3.05, 3.63) is 0 Å². The molecule has 0 saturated heterocycles. The van der Waals surface area contributed by atoms with Crippen LogP contribution in [0.1, 0.15) is 0 Å². The van der Waals surface area contributed by atoms with Crippen molar-refractivity contribution in [3.8, 4) is 0 Å². The Bertz CT molecular complexity index is 172. The van der Waals surface area contributed by atoms with E-state index in [0.717, 1.165) is 11.5 Å². The highest BCUT2D eigenvalue weighted by atomic mass is 33.5. The minimum atomic E-state index is 0.0586. The Labute approximate surface area is 138 Å². The summed E-state index contributed by atoms with van der Waals surface area (Å²) < 4.78 is 20.9. The fourth-order valence-corrected chi connectivity index (χ4v) is 4.49. The van der Waals surface area contributed by atoms with E-state index in [2.05, 4.69) is 0 Å². The van der Waals surface area contributed by atoms with Crippen LogP contribution in [0.4, 0.5) is 0 Å². The van der Waals surface area contributed by atoms with Crippen LogP contribution in [-0.2, 0) is 18.9 Å². The lowest BCUT2D eigenvalue weighted by Crippen LogP contribution is -2.08. The fourth-order valence-electron chi connectivity index (χ4n) is 1.06. The van der Waals surface area contributed by atoms with Crippen molar-refractivity contribution in [3.63, 3.8) is 0 Å². The van der Waals surface area contributed by atoms with Gasteiger partial charge in [0.25, 0.3) is 0 Å². The van der Waals surface area contributed by atoms with Crippen molar-refractivity contribution in [2.75, 3.05) is 77.6 Å². The van der Waals surface area contributed by atoms with Crippen LogP contribution in [0.15, 0.2) is 0 Å². The molecule has 0 amide bonds. The van der Waals surface area contributed by atoms with Crippen LogP contribution in [0, 0.1) is 0 Å². The summed E-state index contributed by atoms with van der Waals surface area (Å²) in [6, 6.07) is 0. The van der Waals surface area contributed by atoms with Crippen LogP contribution in [0.25, 0.3) is 0 Å². The van der Waals surface area contributed by atoms with Gasteiger partial charge in [0.1, 0.15) is 0 Å². The average Bonchev–Trinajstić information content (AvgIpc) is 2.50. The summed E-state index contributed by atoms with van der Waals surface area (Å²) >= 11 is 0. The third-order valence-electron chi connectivity index (χ3n) is 1.93. The monoisotopic (exact) mass is 362 g/mol. The maximum absolute atomic E-state index is 8.49. The molecule has 2 N–H and O–H groups in total. The van der Waals surface area contributed by atoms with Gasteiger partial charge >= 0.3 is 0 Å². The highest BCUT2D eigenvalue weighted by Crippen LogP contribution is 2.33. The summed E-state index contributed by atoms with van der Waals surface area (Å²) in [6.45, 7) is 4.50. The molecule has 0 radical (unpaired) electrons. The van der Waals surface area contributed by atoms with E-state index in [-0.39, 0.29) is 13.2 Å². The predicted octanol–water partition coefficient (Wildman–Crippen LogP) is 1.07. The smallest absolute Gasteiger partial charge is 0.0701 e. The van der Waals surface area contributed by atoms with Gasteiger partial charge in [0.15, 0.2) is 0 Å². The van der Waals surface area contributed by atoms with Crippen LogP contribution >= 0.6 is 31.4 Å². The lowest BCUT2D eigenvalue weighted by Gasteiger charge is -2.05. The van der Waals surface area contributed by atoms with Crippen LogP contribution in [-0.4, -0.2) is 87.8 Å². The first-order chi connectivity index (χ1) is 10.4. The summed E-state index contributed by atoms with van der Waals surface area (Å²) in [7, 11) is 5.27. The van der Waals surface area contributed by atoms with Crippen LogP contribution in [0.5, 0.6) is 0 Å². The Morgan fingerprint density at radius 2 is 0.905 bits per heavy atom. The molecule has 0 spiro atoms. The van der Waals surface area contributed by atoms with E-state index < -0.39 is 0 Å². The SMILES string of the molecule is OCCOCCOCCSSSCCOCCOCCO. The number of aliphatic hydroxyl groups excluding tert-OH is 2. The highest BCUT2D eigenvalue weighted by molar-refractivity contribution is 9.09. The zero-order valence-corrected chi connectivity index (χ0v) is 14.7. The minimum absolute atomic E-state index is 0.0586. The molecule has 0 aliphatic heterocycles. The largest absolute Gasteiger partial charge is 0.394 e. The molecule has 0 aliphatic rings. The molecule has 6 nitrogen and oxygen atoms in total. The van der Waals surface area contributed by atoms with E-state index in [0.29, 0.717) is 52.9 Å². The standard InChI is InChI=1S/C12H26O6S3/c13-1-3-15-5-7-17-9-11-19-21-20-12-10-18-8-6-16-4-2-14/h13-14H,1-12H2. The Balaban J connectivity index is 2.90. The third kappa shape index (κ3) is 20.8.